The molecule has 1 amide bonds. The molecule has 0 aliphatic rings. The Kier molecular flexibility index (Phi) is 9.75. The van der Waals surface area contributed by atoms with Crippen molar-refractivity contribution in [1.82, 2.24) is 4.90 Å². The standard InChI is InChI=1S/C20H27NO5/c1-4-7-9-14-17(22)21(15-16-12-10-8-11-13-16)18(19(23)25-5-2)20(24)26-6-3/h4,7-8,10-13,18H,5-6,9,14-15H2,1-3H3/b7-4+. The molecule has 0 atom stereocenters. The third-order valence-corrected chi connectivity index (χ3v) is 3.61. The molecule has 142 valence electrons. The molecule has 0 unspecified atom stereocenters. The summed E-state index contributed by atoms with van der Waals surface area (Å²) in [4.78, 5) is 38.8. The molecule has 0 aliphatic carbocycles. The highest BCUT2D eigenvalue weighted by Crippen LogP contribution is 2.14. The minimum absolute atomic E-state index is 0.112. The summed E-state index contributed by atoms with van der Waals surface area (Å²) >= 11 is 0. The number of benzene rings is 1. The van der Waals surface area contributed by atoms with Gasteiger partial charge in [-0.2, -0.15) is 0 Å². The van der Waals surface area contributed by atoms with E-state index in [0.29, 0.717) is 6.42 Å². The van der Waals surface area contributed by atoms with Gasteiger partial charge in [0.25, 0.3) is 0 Å². The van der Waals surface area contributed by atoms with Gasteiger partial charge >= 0.3 is 11.9 Å². The van der Waals surface area contributed by atoms with E-state index in [-0.39, 0.29) is 32.1 Å². The molecule has 0 radical (unpaired) electrons. The van der Waals surface area contributed by atoms with Gasteiger partial charge in [0, 0.05) is 13.0 Å². The van der Waals surface area contributed by atoms with Crippen molar-refractivity contribution < 1.29 is 23.9 Å². The molecule has 0 saturated heterocycles. The number of carbonyl (C=O) groups is 3. The summed E-state index contributed by atoms with van der Waals surface area (Å²) in [6.45, 7) is 5.51. The van der Waals surface area contributed by atoms with Gasteiger partial charge in [-0.3, -0.25) is 4.79 Å². The van der Waals surface area contributed by atoms with E-state index in [1.165, 1.54) is 4.90 Å². The van der Waals surface area contributed by atoms with Gasteiger partial charge in [-0.25, -0.2) is 9.59 Å². The number of carbonyl (C=O) groups excluding carboxylic acids is 3. The monoisotopic (exact) mass is 361 g/mol. The zero-order valence-corrected chi connectivity index (χ0v) is 15.6. The van der Waals surface area contributed by atoms with Crippen LogP contribution in [0, 0.1) is 0 Å². The molecule has 1 aromatic rings. The van der Waals surface area contributed by atoms with Crippen LogP contribution in [-0.2, 0) is 30.4 Å². The van der Waals surface area contributed by atoms with Crippen LogP contribution in [-0.4, -0.2) is 42.0 Å². The van der Waals surface area contributed by atoms with Crippen molar-refractivity contribution in [2.45, 2.75) is 46.2 Å². The van der Waals surface area contributed by atoms with Gasteiger partial charge in [0.15, 0.2) is 0 Å². The molecule has 0 bridgehead atoms. The van der Waals surface area contributed by atoms with Crippen LogP contribution in [0.5, 0.6) is 0 Å². The summed E-state index contributed by atoms with van der Waals surface area (Å²) in [5.74, 6) is -1.86. The molecular formula is C20H27NO5. The number of ether oxygens (including phenoxy) is 2. The molecule has 26 heavy (non-hydrogen) atoms. The molecule has 6 heteroatoms. The van der Waals surface area contributed by atoms with Gasteiger partial charge in [0.2, 0.25) is 11.9 Å². The van der Waals surface area contributed by atoms with Gasteiger partial charge in [-0.05, 0) is 32.8 Å². The van der Waals surface area contributed by atoms with E-state index in [1.54, 1.807) is 13.8 Å². The van der Waals surface area contributed by atoms with Crippen LogP contribution in [0.2, 0.25) is 0 Å². The van der Waals surface area contributed by atoms with Gasteiger partial charge in [-0.15, -0.1) is 0 Å². The number of nitrogens with zero attached hydrogens (tertiary/aromatic N) is 1. The van der Waals surface area contributed by atoms with Gasteiger partial charge < -0.3 is 14.4 Å². The maximum absolute atomic E-state index is 12.8. The summed E-state index contributed by atoms with van der Waals surface area (Å²) in [7, 11) is 0. The molecule has 0 fully saturated rings. The molecule has 0 heterocycles. The molecule has 1 aromatic carbocycles. The zero-order chi connectivity index (χ0) is 19.4. The average Bonchev–Trinajstić information content (AvgIpc) is 2.62. The Labute approximate surface area is 154 Å². The summed E-state index contributed by atoms with van der Waals surface area (Å²) in [6.07, 6.45) is 4.43. The normalized spacial score (nSPS) is 10.8. The number of allylic oxidation sites excluding steroid dienone is 2. The topological polar surface area (TPSA) is 72.9 Å². The predicted octanol–water partition coefficient (Wildman–Crippen LogP) is 2.87. The van der Waals surface area contributed by atoms with Crippen molar-refractivity contribution in [1.29, 1.82) is 0 Å². The molecule has 0 spiro atoms. The van der Waals surface area contributed by atoms with E-state index in [0.717, 1.165) is 5.56 Å². The number of esters is 2. The van der Waals surface area contributed by atoms with Crippen molar-refractivity contribution in [3.8, 4) is 0 Å². The Morgan fingerprint density at radius 3 is 2.12 bits per heavy atom. The predicted molar refractivity (Wildman–Crippen MR) is 98.1 cm³/mol. The molecule has 0 aliphatic heterocycles. The molecular weight excluding hydrogens is 334 g/mol. The molecule has 0 aromatic heterocycles. The van der Waals surface area contributed by atoms with Gasteiger partial charge in [-0.1, -0.05) is 42.5 Å². The fraction of sp³-hybridized carbons (Fsp3) is 0.450. The van der Waals surface area contributed by atoms with Crippen molar-refractivity contribution in [3.05, 3.63) is 48.0 Å². The lowest BCUT2D eigenvalue weighted by molar-refractivity contribution is -0.168. The molecule has 1 rings (SSSR count). The number of hydrogen-bond acceptors (Lipinski definition) is 5. The summed E-state index contributed by atoms with van der Waals surface area (Å²) in [5, 5.41) is 0. The summed E-state index contributed by atoms with van der Waals surface area (Å²) in [5.41, 5.74) is 0.811. The largest absolute Gasteiger partial charge is 0.464 e. The lowest BCUT2D eigenvalue weighted by atomic mass is 10.1. The molecule has 0 N–H and O–H groups in total. The number of amides is 1. The van der Waals surface area contributed by atoms with Crippen LogP contribution in [0.3, 0.4) is 0 Å². The van der Waals surface area contributed by atoms with Crippen LogP contribution in [0.4, 0.5) is 0 Å². The summed E-state index contributed by atoms with van der Waals surface area (Å²) < 4.78 is 10.0. The molecule has 0 saturated carbocycles. The smallest absolute Gasteiger partial charge is 0.340 e. The van der Waals surface area contributed by atoms with Gasteiger partial charge in [0.1, 0.15) is 0 Å². The summed E-state index contributed by atoms with van der Waals surface area (Å²) in [6, 6.07) is 7.78. The van der Waals surface area contributed by atoms with Gasteiger partial charge in [0.05, 0.1) is 13.2 Å². The quantitative estimate of drug-likeness (QED) is 0.364. The van der Waals surface area contributed by atoms with E-state index < -0.39 is 18.0 Å². The second-order valence-electron chi connectivity index (χ2n) is 5.52. The van der Waals surface area contributed by atoms with E-state index in [1.807, 2.05) is 49.4 Å². The SMILES string of the molecule is C/C=C/CCC(=O)N(Cc1ccccc1)C(C(=O)OCC)C(=O)OCC. The maximum atomic E-state index is 12.8. The van der Waals surface area contributed by atoms with E-state index >= 15 is 0 Å². The Balaban J connectivity index is 3.15. The Bertz CT molecular complexity index is 594. The van der Waals surface area contributed by atoms with Crippen molar-refractivity contribution in [3.63, 3.8) is 0 Å². The molecule has 6 nitrogen and oxygen atoms in total. The zero-order valence-electron chi connectivity index (χ0n) is 15.6. The van der Waals surface area contributed by atoms with Crippen LogP contribution in [0.1, 0.15) is 39.2 Å². The van der Waals surface area contributed by atoms with Crippen LogP contribution < -0.4 is 0 Å². The first-order valence-electron chi connectivity index (χ1n) is 8.82. The van der Waals surface area contributed by atoms with Crippen molar-refractivity contribution in [2.24, 2.45) is 0 Å². The highest BCUT2D eigenvalue weighted by Gasteiger charge is 2.38. The van der Waals surface area contributed by atoms with E-state index in [2.05, 4.69) is 0 Å². The maximum Gasteiger partial charge on any atom is 0.340 e. The number of rotatable bonds is 10. The Morgan fingerprint density at radius 1 is 1.04 bits per heavy atom. The van der Waals surface area contributed by atoms with Crippen molar-refractivity contribution >= 4 is 17.8 Å². The minimum atomic E-state index is -1.41. The highest BCUT2D eigenvalue weighted by molar-refractivity contribution is 6.02. The second-order valence-corrected chi connectivity index (χ2v) is 5.52. The third kappa shape index (κ3) is 6.70. The third-order valence-electron chi connectivity index (χ3n) is 3.61. The van der Waals surface area contributed by atoms with Crippen LogP contribution in [0.15, 0.2) is 42.5 Å². The Hall–Kier alpha value is -2.63. The lowest BCUT2D eigenvalue weighted by Crippen LogP contribution is -2.50. The van der Waals surface area contributed by atoms with E-state index in [4.69, 9.17) is 9.47 Å². The second kappa shape index (κ2) is 11.8. The van der Waals surface area contributed by atoms with Crippen LogP contribution in [0.25, 0.3) is 0 Å². The first-order valence-corrected chi connectivity index (χ1v) is 8.82. The number of hydrogen-bond donors (Lipinski definition) is 0. The van der Waals surface area contributed by atoms with E-state index in [9.17, 15) is 14.4 Å². The lowest BCUT2D eigenvalue weighted by Gasteiger charge is -2.29. The minimum Gasteiger partial charge on any atom is -0.464 e. The average molecular weight is 361 g/mol. The van der Waals surface area contributed by atoms with Crippen LogP contribution >= 0.6 is 0 Å². The first-order chi connectivity index (χ1) is 12.5. The Morgan fingerprint density at radius 2 is 1.62 bits per heavy atom. The van der Waals surface area contributed by atoms with Crippen molar-refractivity contribution in [2.75, 3.05) is 13.2 Å². The fourth-order valence-electron chi connectivity index (χ4n) is 2.41. The first kappa shape index (κ1) is 21.4. The fourth-order valence-corrected chi connectivity index (χ4v) is 2.41. The highest BCUT2D eigenvalue weighted by atomic mass is 16.6.